The van der Waals surface area contributed by atoms with Crippen LogP contribution in [0.15, 0.2) is 12.0 Å². The zero-order valence-electron chi connectivity index (χ0n) is 7.24. The molecule has 0 bridgehead atoms. The zero-order chi connectivity index (χ0) is 8.81. The lowest BCUT2D eigenvalue weighted by Crippen LogP contribution is -2.01. The Hall–Kier alpha value is -1.04. The van der Waals surface area contributed by atoms with Gasteiger partial charge in [-0.15, -0.1) is 0 Å². The van der Waals surface area contributed by atoms with Crippen molar-refractivity contribution < 1.29 is 5.11 Å². The standard InChI is InChI=1S/C9H14N2O/c10-11-7-9(12)8-5-3-1-2-4-6-8/h7-8H,1-6H2/p+1/b9-7-. The molecule has 1 saturated carbocycles. The van der Waals surface area contributed by atoms with Gasteiger partial charge in [0.1, 0.15) is 0 Å². The Morgan fingerprint density at radius 2 is 1.83 bits per heavy atom. The summed E-state index contributed by atoms with van der Waals surface area (Å²) < 4.78 is 0. The SMILES string of the molecule is N#[N+]/C=C(\O)C1CCCCCC1. The summed E-state index contributed by atoms with van der Waals surface area (Å²) >= 11 is 0. The number of diazo groups is 1. The second-order valence-corrected chi connectivity index (χ2v) is 3.36. The molecule has 0 saturated heterocycles. The molecule has 0 unspecified atom stereocenters. The Bertz CT molecular complexity index is 197. The molecule has 0 atom stereocenters. The summed E-state index contributed by atoms with van der Waals surface area (Å²) in [4.78, 5) is 2.83. The van der Waals surface area contributed by atoms with Crippen LogP contribution in [0.3, 0.4) is 0 Å². The van der Waals surface area contributed by atoms with E-state index >= 15 is 0 Å². The third-order valence-corrected chi connectivity index (χ3v) is 2.46. The quantitative estimate of drug-likeness (QED) is 0.370. The average molecular weight is 167 g/mol. The van der Waals surface area contributed by atoms with E-state index in [9.17, 15) is 5.11 Å². The molecule has 0 amide bonds. The molecule has 0 aromatic heterocycles. The summed E-state index contributed by atoms with van der Waals surface area (Å²) in [5.74, 6) is 0.461. The van der Waals surface area contributed by atoms with Crippen molar-refractivity contribution in [2.45, 2.75) is 38.5 Å². The molecule has 0 spiro atoms. The number of aliphatic hydroxyl groups excluding tert-OH is 1. The molecule has 1 fully saturated rings. The molecule has 1 N–H and O–H groups in total. The molecule has 3 nitrogen and oxygen atoms in total. The van der Waals surface area contributed by atoms with Gasteiger partial charge >= 0.3 is 6.20 Å². The maximum atomic E-state index is 9.41. The normalized spacial score (nSPS) is 21.4. The minimum Gasteiger partial charge on any atom is -0.505 e. The Morgan fingerprint density at radius 1 is 1.25 bits per heavy atom. The first kappa shape index (κ1) is 9.05. The van der Waals surface area contributed by atoms with Crippen LogP contribution < -0.4 is 0 Å². The molecule has 0 aliphatic heterocycles. The van der Waals surface area contributed by atoms with E-state index in [4.69, 9.17) is 5.39 Å². The highest BCUT2D eigenvalue weighted by Crippen LogP contribution is 2.27. The van der Waals surface area contributed by atoms with Gasteiger partial charge in [0.2, 0.25) is 5.39 Å². The molecule has 1 aliphatic carbocycles. The van der Waals surface area contributed by atoms with E-state index in [1.54, 1.807) is 0 Å². The molecule has 1 aliphatic rings. The molecule has 1 rings (SSSR count). The molecule has 0 aromatic rings. The molecule has 12 heavy (non-hydrogen) atoms. The third-order valence-electron chi connectivity index (χ3n) is 2.46. The smallest absolute Gasteiger partial charge is 0.387 e. The Morgan fingerprint density at radius 3 is 2.33 bits per heavy atom. The summed E-state index contributed by atoms with van der Waals surface area (Å²) in [7, 11) is 0. The molecule has 0 radical (unpaired) electrons. The Balaban J connectivity index is 2.49. The van der Waals surface area contributed by atoms with Crippen molar-refractivity contribution in [3.05, 3.63) is 16.9 Å². The molecule has 0 aromatic carbocycles. The number of hydrogen-bond acceptors (Lipinski definition) is 2. The highest BCUT2D eigenvalue weighted by atomic mass is 16.3. The summed E-state index contributed by atoms with van der Waals surface area (Å²) in [6.07, 6.45) is 8.08. The van der Waals surface area contributed by atoms with Gasteiger partial charge in [0.25, 0.3) is 0 Å². The fourth-order valence-electron chi connectivity index (χ4n) is 1.74. The number of hydrogen-bond donors (Lipinski definition) is 1. The van der Waals surface area contributed by atoms with Crippen LogP contribution in [0.25, 0.3) is 4.98 Å². The molecular weight excluding hydrogens is 152 g/mol. The van der Waals surface area contributed by atoms with Gasteiger partial charge in [0, 0.05) is 5.92 Å². The van der Waals surface area contributed by atoms with Crippen molar-refractivity contribution >= 4 is 0 Å². The lowest BCUT2D eigenvalue weighted by Gasteiger charge is -2.08. The fourth-order valence-corrected chi connectivity index (χ4v) is 1.74. The minimum atomic E-state index is 0.225. The van der Waals surface area contributed by atoms with Crippen molar-refractivity contribution in [3.8, 4) is 0 Å². The summed E-state index contributed by atoms with van der Waals surface area (Å²) in [6.45, 7) is 0. The van der Waals surface area contributed by atoms with Crippen molar-refractivity contribution in [2.75, 3.05) is 0 Å². The maximum Gasteiger partial charge on any atom is 0.387 e. The van der Waals surface area contributed by atoms with Gasteiger partial charge in [0.15, 0.2) is 10.7 Å². The fraction of sp³-hybridized carbons (Fsp3) is 0.778. The van der Waals surface area contributed by atoms with Crippen molar-refractivity contribution in [1.29, 1.82) is 5.39 Å². The lowest BCUT2D eigenvalue weighted by molar-refractivity contribution is 0.310. The van der Waals surface area contributed by atoms with Crippen molar-refractivity contribution in [1.82, 2.24) is 0 Å². The Kier molecular flexibility index (Phi) is 3.59. The van der Waals surface area contributed by atoms with Crippen LogP contribution >= 0.6 is 0 Å². The van der Waals surface area contributed by atoms with Gasteiger partial charge in [-0.3, -0.25) is 0 Å². The van der Waals surface area contributed by atoms with E-state index < -0.39 is 0 Å². The van der Waals surface area contributed by atoms with E-state index in [0.717, 1.165) is 19.0 Å². The predicted molar refractivity (Wildman–Crippen MR) is 47.0 cm³/mol. The van der Waals surface area contributed by atoms with Gasteiger partial charge < -0.3 is 5.11 Å². The van der Waals surface area contributed by atoms with Crippen LogP contribution in [-0.2, 0) is 0 Å². The van der Waals surface area contributed by atoms with Gasteiger partial charge in [-0.25, -0.2) is 0 Å². The van der Waals surface area contributed by atoms with E-state index in [1.807, 2.05) is 0 Å². The zero-order valence-corrected chi connectivity index (χ0v) is 7.24. The highest BCUT2D eigenvalue weighted by molar-refractivity contribution is 5.00. The summed E-state index contributed by atoms with van der Waals surface area (Å²) in [5, 5.41) is 17.6. The molecular formula is C9H15N2O+. The number of rotatable bonds is 1. The second kappa shape index (κ2) is 4.76. The maximum absolute atomic E-state index is 9.41. The molecule has 0 heterocycles. The van der Waals surface area contributed by atoms with Crippen molar-refractivity contribution in [3.63, 3.8) is 0 Å². The van der Waals surface area contributed by atoms with Gasteiger partial charge in [-0.1, -0.05) is 25.7 Å². The molecule has 66 valence electrons. The third kappa shape index (κ3) is 2.54. The first-order chi connectivity index (χ1) is 5.84. The second-order valence-electron chi connectivity index (χ2n) is 3.36. The lowest BCUT2D eigenvalue weighted by atomic mass is 9.99. The predicted octanol–water partition coefficient (Wildman–Crippen LogP) is 3.21. The van der Waals surface area contributed by atoms with Gasteiger partial charge in [0.05, 0.1) is 0 Å². The first-order valence-corrected chi connectivity index (χ1v) is 4.58. The largest absolute Gasteiger partial charge is 0.505 e. The first-order valence-electron chi connectivity index (χ1n) is 4.58. The molecule has 3 heteroatoms. The topological polar surface area (TPSA) is 48.4 Å². The van der Waals surface area contributed by atoms with Crippen LogP contribution in [0.4, 0.5) is 0 Å². The highest BCUT2D eigenvalue weighted by Gasteiger charge is 2.18. The number of aliphatic hydroxyl groups is 1. The monoisotopic (exact) mass is 167 g/mol. The van der Waals surface area contributed by atoms with E-state index in [0.29, 0.717) is 0 Å². The van der Waals surface area contributed by atoms with Crippen molar-refractivity contribution in [2.24, 2.45) is 5.92 Å². The number of allylic oxidation sites excluding steroid dienone is 1. The van der Waals surface area contributed by atoms with Crippen LogP contribution in [0.1, 0.15) is 38.5 Å². The Labute approximate surface area is 72.7 Å². The van der Waals surface area contributed by atoms with E-state index in [1.165, 1.54) is 25.7 Å². The van der Waals surface area contributed by atoms with Crippen LogP contribution in [-0.4, -0.2) is 5.11 Å². The summed E-state index contributed by atoms with van der Waals surface area (Å²) in [6, 6.07) is 0. The van der Waals surface area contributed by atoms with Crippen LogP contribution in [0, 0.1) is 11.3 Å². The van der Waals surface area contributed by atoms with Gasteiger partial charge in [-0.05, 0) is 12.8 Å². The van der Waals surface area contributed by atoms with Crippen LogP contribution in [0.5, 0.6) is 0 Å². The average Bonchev–Trinajstić information content (AvgIpc) is 2.32. The minimum absolute atomic E-state index is 0.225. The van der Waals surface area contributed by atoms with E-state index in [2.05, 4.69) is 4.98 Å². The van der Waals surface area contributed by atoms with Crippen LogP contribution in [0.2, 0.25) is 0 Å². The summed E-state index contributed by atoms with van der Waals surface area (Å²) in [5.41, 5.74) is 0. The van der Waals surface area contributed by atoms with Gasteiger partial charge in [-0.2, -0.15) is 0 Å². The number of nitrogens with zero attached hydrogens (tertiary/aromatic N) is 2. The van der Waals surface area contributed by atoms with E-state index in [-0.39, 0.29) is 11.7 Å².